The molecular weight excluding hydrogens is 1130 g/mol. The van der Waals surface area contributed by atoms with Crippen LogP contribution in [-0.2, 0) is 32.7 Å². The molecule has 0 aromatic carbocycles. The maximum absolute atomic E-state index is 12.9. The van der Waals surface area contributed by atoms with Crippen molar-refractivity contribution in [3.8, 4) is 0 Å². The van der Waals surface area contributed by atoms with E-state index < -0.39 is 26.5 Å². The number of likely N-dealkylation sites (N-methyl/N-ethyl adjacent to an activating group) is 1. The summed E-state index contributed by atoms with van der Waals surface area (Å²) in [5, 5.41) is 0. The largest absolute Gasteiger partial charge is 0.472 e. The lowest BCUT2D eigenvalue weighted by atomic mass is 10.0. The fraction of sp³-hybridized carbons (Fsp3) is 0.750. The van der Waals surface area contributed by atoms with Crippen LogP contribution in [0.25, 0.3) is 0 Å². The number of hydrogen-bond donors (Lipinski definition) is 1. The third kappa shape index (κ3) is 73.7. The zero-order valence-corrected chi connectivity index (χ0v) is 60.2. The molecule has 0 aromatic rings. The van der Waals surface area contributed by atoms with Crippen molar-refractivity contribution in [2.24, 2.45) is 0 Å². The number of ether oxygens (including phenoxy) is 2. The van der Waals surface area contributed by atoms with Crippen LogP contribution in [0.5, 0.6) is 0 Å². The lowest BCUT2D eigenvalue weighted by molar-refractivity contribution is -0.870. The first-order valence-corrected chi connectivity index (χ1v) is 39.1. The van der Waals surface area contributed by atoms with Gasteiger partial charge in [-0.15, -0.1) is 0 Å². The SMILES string of the molecule is CC/C=C\C/C=C\C/C=C\C/C=C\C/C=C\C/C=C\CCCCCCCCCCCCCCCCCCCCC(=O)OC(COC(=O)CCCCCCCCCCCCCCCC/C=C\C/C=C\C/C=C\CCCCCCC)COP(=O)(O)OCC[N+](C)(C)C. The number of carbonyl (C=O) groups excluding carboxylic acids is 2. The Morgan fingerprint density at radius 1 is 0.356 bits per heavy atom. The molecule has 520 valence electrons. The third-order valence-corrected chi connectivity index (χ3v) is 17.3. The van der Waals surface area contributed by atoms with Crippen LogP contribution in [0, 0.1) is 0 Å². The number of phosphoric ester groups is 1. The minimum absolute atomic E-state index is 0.0297. The first-order valence-electron chi connectivity index (χ1n) is 37.6. The van der Waals surface area contributed by atoms with Crippen LogP contribution in [0.2, 0.25) is 0 Å². The zero-order chi connectivity index (χ0) is 65.5. The van der Waals surface area contributed by atoms with E-state index in [0.29, 0.717) is 17.4 Å². The second-order valence-electron chi connectivity index (χ2n) is 26.3. The molecule has 0 spiro atoms. The average Bonchev–Trinajstić information content (AvgIpc) is 3.58. The molecule has 0 aliphatic rings. The lowest BCUT2D eigenvalue weighted by Gasteiger charge is -2.24. The molecular formula is C80H143NO8P+. The van der Waals surface area contributed by atoms with Crippen LogP contribution < -0.4 is 0 Å². The van der Waals surface area contributed by atoms with E-state index in [1.165, 1.54) is 218 Å². The van der Waals surface area contributed by atoms with E-state index in [1.807, 2.05) is 21.1 Å². The van der Waals surface area contributed by atoms with Crippen LogP contribution in [0.3, 0.4) is 0 Å². The monoisotopic (exact) mass is 1280 g/mol. The Bertz CT molecular complexity index is 1890. The highest BCUT2D eigenvalue weighted by molar-refractivity contribution is 7.47. The van der Waals surface area contributed by atoms with Crippen LogP contribution in [0.1, 0.15) is 335 Å². The molecule has 0 heterocycles. The van der Waals surface area contributed by atoms with Gasteiger partial charge in [0.1, 0.15) is 19.8 Å². The van der Waals surface area contributed by atoms with Crippen molar-refractivity contribution in [1.82, 2.24) is 0 Å². The number of nitrogens with zero attached hydrogens (tertiary/aromatic N) is 1. The van der Waals surface area contributed by atoms with E-state index in [2.05, 4.69) is 123 Å². The molecule has 0 rings (SSSR count). The molecule has 9 nitrogen and oxygen atoms in total. The maximum Gasteiger partial charge on any atom is 0.472 e. The number of quaternary nitrogens is 1. The number of phosphoric acid groups is 1. The van der Waals surface area contributed by atoms with Crippen molar-refractivity contribution >= 4 is 19.8 Å². The van der Waals surface area contributed by atoms with Gasteiger partial charge in [0, 0.05) is 12.8 Å². The van der Waals surface area contributed by atoms with Gasteiger partial charge in [-0.05, 0) is 103 Å². The van der Waals surface area contributed by atoms with Gasteiger partial charge in [-0.2, -0.15) is 0 Å². The fourth-order valence-electron chi connectivity index (χ4n) is 10.6. The lowest BCUT2D eigenvalue weighted by Crippen LogP contribution is -2.37. The predicted molar refractivity (Wildman–Crippen MR) is 390 cm³/mol. The van der Waals surface area contributed by atoms with Gasteiger partial charge < -0.3 is 18.9 Å². The second-order valence-corrected chi connectivity index (χ2v) is 27.8. The van der Waals surface area contributed by atoms with Crippen LogP contribution in [-0.4, -0.2) is 74.9 Å². The predicted octanol–water partition coefficient (Wildman–Crippen LogP) is 24.8. The third-order valence-electron chi connectivity index (χ3n) is 16.3. The number of allylic oxidation sites excluding steroid dienone is 18. The van der Waals surface area contributed by atoms with Gasteiger partial charge in [0.2, 0.25) is 0 Å². The van der Waals surface area contributed by atoms with Gasteiger partial charge in [0.05, 0.1) is 27.7 Å². The summed E-state index contributed by atoms with van der Waals surface area (Å²) in [7, 11) is 1.48. The Morgan fingerprint density at radius 2 is 0.633 bits per heavy atom. The summed E-state index contributed by atoms with van der Waals surface area (Å²) in [5.41, 5.74) is 0. The van der Waals surface area contributed by atoms with Crippen molar-refractivity contribution in [2.45, 2.75) is 341 Å². The van der Waals surface area contributed by atoms with Gasteiger partial charge in [-0.25, -0.2) is 4.57 Å². The van der Waals surface area contributed by atoms with Crippen molar-refractivity contribution < 1.29 is 42.1 Å². The standard InChI is InChI=1S/C80H142NO8P/c1-6-8-10-12-14-16-18-20-22-24-26-28-30-32-34-36-37-38-39-40-41-42-43-45-47-49-51-53-55-57-59-61-63-65-67-69-71-73-80(83)89-78(77-88-90(84,85)87-75-74-81(3,4)5)76-86-79(82)72-70-68-66-64-62-60-58-56-54-52-50-48-46-44-35-33-31-29-27-25-23-21-19-17-15-13-11-9-7-2/h8,10,14,16,19-22,25-28,31-34,37-38,78H,6-7,9,11-13,15,17-18,23-24,29-30,35-36,39-77H2,1-5H3/p+1/b10-8-,16-14-,21-19-,22-20-,27-25-,28-26-,33-31-,34-32-,38-37-. The molecule has 0 radical (unpaired) electrons. The highest BCUT2D eigenvalue weighted by Gasteiger charge is 2.27. The van der Waals surface area contributed by atoms with Crippen molar-refractivity contribution in [3.63, 3.8) is 0 Å². The number of carbonyl (C=O) groups is 2. The van der Waals surface area contributed by atoms with Crippen LogP contribution in [0.15, 0.2) is 109 Å². The van der Waals surface area contributed by atoms with Gasteiger partial charge in [-0.1, -0.05) is 329 Å². The Balaban J connectivity index is 4.00. The first-order chi connectivity index (χ1) is 44.0. The van der Waals surface area contributed by atoms with Gasteiger partial charge in [0.15, 0.2) is 6.10 Å². The van der Waals surface area contributed by atoms with E-state index >= 15 is 0 Å². The van der Waals surface area contributed by atoms with E-state index in [-0.39, 0.29) is 32.0 Å². The van der Waals surface area contributed by atoms with Crippen molar-refractivity contribution in [3.05, 3.63) is 109 Å². The Morgan fingerprint density at radius 3 is 0.944 bits per heavy atom. The molecule has 0 aromatic heterocycles. The Labute approximate surface area is 556 Å². The summed E-state index contributed by atoms with van der Waals surface area (Å²) >= 11 is 0. The smallest absolute Gasteiger partial charge is 0.462 e. The fourth-order valence-corrected chi connectivity index (χ4v) is 11.3. The van der Waals surface area contributed by atoms with E-state index in [9.17, 15) is 19.0 Å². The molecule has 0 saturated heterocycles. The molecule has 1 N–H and O–H groups in total. The molecule has 0 amide bonds. The van der Waals surface area contributed by atoms with E-state index in [1.54, 1.807) is 0 Å². The Hall–Kier alpha value is -3.33. The molecule has 10 heteroatoms. The number of esters is 2. The molecule has 0 aliphatic carbocycles. The summed E-state index contributed by atoms with van der Waals surface area (Å²) in [5.74, 6) is -0.788. The highest BCUT2D eigenvalue weighted by atomic mass is 31.2. The zero-order valence-electron chi connectivity index (χ0n) is 59.4. The number of hydrogen-bond acceptors (Lipinski definition) is 7. The van der Waals surface area contributed by atoms with Crippen LogP contribution in [0.4, 0.5) is 0 Å². The summed E-state index contributed by atoms with van der Waals surface area (Å²) in [4.78, 5) is 35.9. The summed E-state index contributed by atoms with van der Waals surface area (Å²) < 4.78 is 34.8. The first kappa shape index (κ1) is 86.7. The molecule has 2 atom stereocenters. The van der Waals surface area contributed by atoms with Gasteiger partial charge >= 0.3 is 19.8 Å². The van der Waals surface area contributed by atoms with Gasteiger partial charge in [-0.3, -0.25) is 18.6 Å². The minimum Gasteiger partial charge on any atom is -0.462 e. The highest BCUT2D eigenvalue weighted by Crippen LogP contribution is 2.43. The van der Waals surface area contributed by atoms with Gasteiger partial charge in [0.25, 0.3) is 0 Å². The molecule has 0 aliphatic heterocycles. The second kappa shape index (κ2) is 70.0. The van der Waals surface area contributed by atoms with Crippen LogP contribution >= 0.6 is 7.82 Å². The molecule has 90 heavy (non-hydrogen) atoms. The van der Waals surface area contributed by atoms with Crippen molar-refractivity contribution in [1.29, 1.82) is 0 Å². The quantitative estimate of drug-likeness (QED) is 0.0211. The summed E-state index contributed by atoms with van der Waals surface area (Å²) in [6.45, 7) is 4.34. The normalized spacial score (nSPS) is 13.7. The topological polar surface area (TPSA) is 108 Å². The molecule has 0 fully saturated rings. The number of unbranched alkanes of at least 4 members (excludes halogenated alkanes) is 37. The molecule has 2 unspecified atom stereocenters. The van der Waals surface area contributed by atoms with Crippen molar-refractivity contribution in [2.75, 3.05) is 47.5 Å². The van der Waals surface area contributed by atoms with E-state index in [0.717, 1.165) is 83.5 Å². The number of rotatable bonds is 69. The average molecular weight is 1280 g/mol. The molecule has 0 saturated carbocycles. The maximum atomic E-state index is 12.9. The summed E-state index contributed by atoms with van der Waals surface area (Å²) in [6.07, 6.45) is 99.2. The minimum atomic E-state index is -4.40. The Kier molecular flexibility index (Phi) is 67.4. The molecule has 0 bridgehead atoms. The van der Waals surface area contributed by atoms with E-state index in [4.69, 9.17) is 18.5 Å². The summed E-state index contributed by atoms with van der Waals surface area (Å²) in [6, 6.07) is 0.